The average Bonchev–Trinajstić information content (AvgIpc) is 3.29. The maximum atomic E-state index is 13.5. The summed E-state index contributed by atoms with van der Waals surface area (Å²) in [5.41, 5.74) is -1.42. The van der Waals surface area contributed by atoms with E-state index < -0.39 is 35.1 Å². The van der Waals surface area contributed by atoms with Gasteiger partial charge in [-0.3, -0.25) is 14.4 Å². The number of carbonyl (C=O) groups excluding carboxylic acids is 3. The molecule has 0 saturated carbocycles. The van der Waals surface area contributed by atoms with Gasteiger partial charge in [-0.25, -0.2) is 0 Å². The van der Waals surface area contributed by atoms with Gasteiger partial charge in [0.1, 0.15) is 0 Å². The number of hydrogen-bond acceptors (Lipinski definition) is 4. The predicted octanol–water partition coefficient (Wildman–Crippen LogP) is 4.96. The molecule has 7 nitrogen and oxygen atoms in total. The first-order chi connectivity index (χ1) is 15.6. The van der Waals surface area contributed by atoms with Crippen molar-refractivity contribution in [2.45, 2.75) is 12.6 Å². The van der Waals surface area contributed by atoms with Crippen LogP contribution in [0, 0.1) is 0 Å². The summed E-state index contributed by atoms with van der Waals surface area (Å²) in [5, 5.41) is 7.45. The number of amides is 3. The fourth-order valence-electron chi connectivity index (χ4n) is 2.77. The second kappa shape index (κ2) is 10.2. The molecule has 0 atom stereocenters. The second-order valence-corrected chi connectivity index (χ2v) is 7.19. The molecule has 11 heteroatoms. The van der Waals surface area contributed by atoms with E-state index >= 15 is 0 Å². The molecule has 3 N–H and O–H groups in total. The first-order valence-electron chi connectivity index (χ1n) is 9.53. The van der Waals surface area contributed by atoms with Crippen LogP contribution in [0.2, 0.25) is 5.02 Å². The molecule has 0 fully saturated rings. The normalized spacial score (nSPS) is 11.0. The third-order valence-corrected chi connectivity index (χ3v) is 4.60. The topological polar surface area (TPSA) is 100 Å². The Morgan fingerprint density at radius 3 is 2.30 bits per heavy atom. The minimum absolute atomic E-state index is 0.0680. The molecule has 0 saturated heterocycles. The van der Waals surface area contributed by atoms with Gasteiger partial charge in [-0.15, -0.1) is 0 Å². The standard InChI is InChI=1S/C22H17ClF3N3O4/c23-14-5-3-13(4-6-14)20(31)27-10-9-19(30)29-17-8-7-15(12-16(17)22(24,25)26)28-21(32)18-2-1-11-33-18/h1-8,11-12H,9-10H2,(H,27,31)(H,28,32)(H,29,30). The largest absolute Gasteiger partial charge is 0.459 e. The van der Waals surface area contributed by atoms with Crippen molar-refractivity contribution in [1.82, 2.24) is 5.32 Å². The van der Waals surface area contributed by atoms with E-state index in [4.69, 9.17) is 16.0 Å². The molecule has 2 aromatic carbocycles. The van der Waals surface area contributed by atoms with Gasteiger partial charge in [0.25, 0.3) is 11.8 Å². The van der Waals surface area contributed by atoms with Crippen molar-refractivity contribution in [3.8, 4) is 0 Å². The van der Waals surface area contributed by atoms with Crippen molar-refractivity contribution in [2.24, 2.45) is 0 Å². The van der Waals surface area contributed by atoms with Crippen LogP contribution in [-0.2, 0) is 11.0 Å². The highest BCUT2D eigenvalue weighted by Gasteiger charge is 2.34. The van der Waals surface area contributed by atoms with E-state index in [1.54, 1.807) is 0 Å². The molecular weight excluding hydrogens is 463 g/mol. The molecule has 3 aromatic rings. The van der Waals surface area contributed by atoms with Crippen LogP contribution in [0.4, 0.5) is 24.5 Å². The quantitative estimate of drug-likeness (QED) is 0.445. The Morgan fingerprint density at radius 1 is 0.939 bits per heavy atom. The van der Waals surface area contributed by atoms with Gasteiger partial charge < -0.3 is 20.4 Å². The van der Waals surface area contributed by atoms with Gasteiger partial charge in [0.05, 0.1) is 17.5 Å². The van der Waals surface area contributed by atoms with Gasteiger partial charge in [0.2, 0.25) is 5.91 Å². The van der Waals surface area contributed by atoms with Crippen LogP contribution in [-0.4, -0.2) is 24.3 Å². The van der Waals surface area contributed by atoms with E-state index in [0.717, 1.165) is 6.07 Å². The molecule has 1 aromatic heterocycles. The maximum Gasteiger partial charge on any atom is 0.418 e. The van der Waals surface area contributed by atoms with Crippen molar-refractivity contribution >= 4 is 40.7 Å². The number of anilines is 2. The molecule has 0 spiro atoms. The molecule has 3 rings (SSSR count). The molecule has 1 heterocycles. The van der Waals surface area contributed by atoms with E-state index in [1.165, 1.54) is 48.7 Å². The van der Waals surface area contributed by atoms with Gasteiger partial charge in [0.15, 0.2) is 5.76 Å². The summed E-state index contributed by atoms with van der Waals surface area (Å²) in [6, 6.07) is 11.8. The lowest BCUT2D eigenvalue weighted by Crippen LogP contribution is -2.28. The fraction of sp³-hybridized carbons (Fsp3) is 0.136. The van der Waals surface area contributed by atoms with Crippen LogP contribution in [0.5, 0.6) is 0 Å². The number of carbonyl (C=O) groups is 3. The second-order valence-electron chi connectivity index (χ2n) is 6.75. The van der Waals surface area contributed by atoms with Crippen molar-refractivity contribution in [1.29, 1.82) is 0 Å². The number of furan rings is 1. The summed E-state index contributed by atoms with van der Waals surface area (Å²) in [7, 11) is 0. The maximum absolute atomic E-state index is 13.5. The fourth-order valence-corrected chi connectivity index (χ4v) is 2.90. The van der Waals surface area contributed by atoms with Crippen LogP contribution < -0.4 is 16.0 Å². The van der Waals surface area contributed by atoms with Gasteiger partial charge in [-0.2, -0.15) is 13.2 Å². The molecule has 0 aliphatic carbocycles. The van der Waals surface area contributed by atoms with Crippen LogP contribution >= 0.6 is 11.6 Å². The first kappa shape index (κ1) is 23.9. The minimum atomic E-state index is -4.79. The molecule has 0 radical (unpaired) electrons. The van der Waals surface area contributed by atoms with Crippen LogP contribution in [0.25, 0.3) is 0 Å². The van der Waals surface area contributed by atoms with Crippen molar-refractivity contribution in [2.75, 3.05) is 17.2 Å². The first-order valence-corrected chi connectivity index (χ1v) is 9.91. The van der Waals surface area contributed by atoms with Crippen LogP contribution in [0.1, 0.15) is 32.9 Å². The zero-order valence-corrected chi connectivity index (χ0v) is 17.6. The van der Waals surface area contributed by atoms with Gasteiger partial charge in [-0.05, 0) is 54.6 Å². The van der Waals surface area contributed by atoms with Crippen LogP contribution in [0.3, 0.4) is 0 Å². The summed E-state index contributed by atoms with van der Waals surface area (Å²) in [6.45, 7) is -0.0913. The highest BCUT2D eigenvalue weighted by atomic mass is 35.5. The van der Waals surface area contributed by atoms with Crippen molar-refractivity contribution in [3.63, 3.8) is 0 Å². The predicted molar refractivity (Wildman–Crippen MR) is 115 cm³/mol. The number of nitrogens with one attached hydrogen (secondary N) is 3. The summed E-state index contributed by atoms with van der Waals surface area (Å²) in [6.07, 6.45) is -3.79. The number of rotatable bonds is 7. The molecule has 33 heavy (non-hydrogen) atoms. The molecule has 0 aliphatic heterocycles. The van der Waals surface area contributed by atoms with E-state index in [2.05, 4.69) is 16.0 Å². The summed E-state index contributed by atoms with van der Waals surface area (Å²) < 4.78 is 45.4. The summed E-state index contributed by atoms with van der Waals surface area (Å²) >= 11 is 5.75. The smallest absolute Gasteiger partial charge is 0.418 e. The Labute approximate surface area is 190 Å². The molecule has 0 unspecified atom stereocenters. The Balaban J connectivity index is 1.61. The molecular formula is C22H17ClF3N3O4. The molecule has 172 valence electrons. The van der Waals surface area contributed by atoms with E-state index in [1.807, 2.05) is 0 Å². The minimum Gasteiger partial charge on any atom is -0.459 e. The lowest BCUT2D eigenvalue weighted by molar-refractivity contribution is -0.136. The van der Waals surface area contributed by atoms with E-state index in [0.29, 0.717) is 16.7 Å². The van der Waals surface area contributed by atoms with Gasteiger partial charge in [-0.1, -0.05) is 11.6 Å². The molecule has 3 amide bonds. The SMILES string of the molecule is O=C(CCNC(=O)c1ccc(Cl)cc1)Nc1ccc(NC(=O)c2ccco2)cc1C(F)(F)F. The van der Waals surface area contributed by atoms with Crippen molar-refractivity contribution in [3.05, 3.63) is 82.8 Å². The van der Waals surface area contributed by atoms with E-state index in [-0.39, 0.29) is 24.4 Å². The van der Waals surface area contributed by atoms with Crippen LogP contribution in [0.15, 0.2) is 65.3 Å². The number of alkyl halides is 3. The third kappa shape index (κ3) is 6.59. The number of hydrogen-bond donors (Lipinski definition) is 3. The lowest BCUT2D eigenvalue weighted by Gasteiger charge is -2.16. The Kier molecular flexibility index (Phi) is 7.39. The zero-order chi connectivity index (χ0) is 24.0. The zero-order valence-electron chi connectivity index (χ0n) is 16.8. The van der Waals surface area contributed by atoms with Gasteiger partial charge >= 0.3 is 6.18 Å². The molecule has 0 bridgehead atoms. The Hall–Kier alpha value is -3.79. The summed E-state index contributed by atoms with van der Waals surface area (Å²) in [5.74, 6) is -1.97. The lowest BCUT2D eigenvalue weighted by atomic mass is 10.1. The van der Waals surface area contributed by atoms with Crippen molar-refractivity contribution < 1.29 is 32.0 Å². The number of benzene rings is 2. The monoisotopic (exact) mass is 479 g/mol. The highest BCUT2D eigenvalue weighted by Crippen LogP contribution is 2.36. The average molecular weight is 480 g/mol. The van der Waals surface area contributed by atoms with Gasteiger partial charge in [0, 0.05) is 29.2 Å². The Morgan fingerprint density at radius 2 is 1.67 bits per heavy atom. The van der Waals surface area contributed by atoms with E-state index in [9.17, 15) is 27.6 Å². The Bertz CT molecular complexity index is 1150. The third-order valence-electron chi connectivity index (χ3n) is 4.35. The summed E-state index contributed by atoms with van der Waals surface area (Å²) in [4.78, 5) is 36.2. The highest BCUT2D eigenvalue weighted by molar-refractivity contribution is 6.30. The molecule has 0 aliphatic rings. The number of halogens is 4.